The fraction of sp³-hybridized carbons (Fsp3) is 0.250. The average molecular weight is 333 g/mol. The lowest BCUT2D eigenvalue weighted by atomic mass is 10.1. The summed E-state index contributed by atoms with van der Waals surface area (Å²) >= 11 is 0. The van der Waals surface area contributed by atoms with Gasteiger partial charge >= 0.3 is 0 Å². The van der Waals surface area contributed by atoms with Crippen LogP contribution in [0.4, 0.5) is 17.5 Å². The van der Waals surface area contributed by atoms with Crippen molar-refractivity contribution in [1.82, 2.24) is 15.0 Å². The number of aryl methyl sites for hydroxylation is 4. The van der Waals surface area contributed by atoms with E-state index in [1.807, 2.05) is 31.2 Å². The summed E-state index contributed by atoms with van der Waals surface area (Å²) < 4.78 is 0. The molecule has 128 valence electrons. The molecule has 0 radical (unpaired) electrons. The van der Waals surface area contributed by atoms with Crippen LogP contribution in [0.15, 0.2) is 42.6 Å². The van der Waals surface area contributed by atoms with Crippen LogP contribution in [0.3, 0.4) is 0 Å². The first-order valence-corrected chi connectivity index (χ1v) is 8.35. The zero-order chi connectivity index (χ0) is 17.8. The lowest BCUT2D eigenvalue weighted by Gasteiger charge is -2.14. The van der Waals surface area contributed by atoms with Crippen molar-refractivity contribution in [2.24, 2.45) is 0 Å². The van der Waals surface area contributed by atoms with Crippen LogP contribution >= 0.6 is 0 Å². The number of nitrogens with zero attached hydrogens (tertiary/aromatic N) is 3. The van der Waals surface area contributed by atoms with Gasteiger partial charge in [-0.3, -0.25) is 4.98 Å². The number of aromatic nitrogens is 3. The Kier molecular flexibility index (Phi) is 4.93. The zero-order valence-electron chi connectivity index (χ0n) is 15.1. The maximum atomic E-state index is 4.59. The number of nitrogens with one attached hydrogen (secondary N) is 2. The summed E-state index contributed by atoms with van der Waals surface area (Å²) in [6.07, 6.45) is 1.78. The van der Waals surface area contributed by atoms with Gasteiger partial charge in [-0.1, -0.05) is 23.8 Å². The molecule has 0 saturated carbocycles. The molecule has 0 spiro atoms. The number of benzene rings is 1. The van der Waals surface area contributed by atoms with Gasteiger partial charge in [0.2, 0.25) is 5.95 Å². The van der Waals surface area contributed by atoms with Crippen molar-refractivity contribution in [2.45, 2.75) is 34.2 Å². The van der Waals surface area contributed by atoms with Crippen LogP contribution in [0, 0.1) is 27.7 Å². The summed E-state index contributed by atoms with van der Waals surface area (Å²) in [5.74, 6) is 1.38. The molecule has 0 atom stereocenters. The van der Waals surface area contributed by atoms with Crippen LogP contribution in [-0.4, -0.2) is 15.0 Å². The molecule has 0 saturated heterocycles. The van der Waals surface area contributed by atoms with Gasteiger partial charge in [-0.15, -0.1) is 0 Å². The molecule has 0 bridgehead atoms. The van der Waals surface area contributed by atoms with Gasteiger partial charge in [-0.05, 0) is 51.0 Å². The summed E-state index contributed by atoms with van der Waals surface area (Å²) in [7, 11) is 0. The lowest BCUT2D eigenvalue weighted by molar-refractivity contribution is 0.991. The lowest BCUT2D eigenvalue weighted by Crippen LogP contribution is -2.07. The van der Waals surface area contributed by atoms with E-state index >= 15 is 0 Å². The van der Waals surface area contributed by atoms with Gasteiger partial charge in [0.1, 0.15) is 5.82 Å². The summed E-state index contributed by atoms with van der Waals surface area (Å²) in [6, 6.07) is 12.1. The highest BCUT2D eigenvalue weighted by molar-refractivity contribution is 5.66. The van der Waals surface area contributed by atoms with Crippen molar-refractivity contribution in [3.05, 3.63) is 70.7 Å². The third-order valence-corrected chi connectivity index (χ3v) is 3.94. The third kappa shape index (κ3) is 4.32. The van der Waals surface area contributed by atoms with Crippen molar-refractivity contribution in [1.29, 1.82) is 0 Å². The molecule has 2 aromatic heterocycles. The second-order valence-electron chi connectivity index (χ2n) is 6.29. The molecular formula is C20H23N5. The predicted octanol–water partition coefficient (Wildman–Crippen LogP) is 4.46. The van der Waals surface area contributed by atoms with Crippen LogP contribution < -0.4 is 10.6 Å². The summed E-state index contributed by atoms with van der Waals surface area (Å²) in [5.41, 5.74) is 6.63. The predicted molar refractivity (Wildman–Crippen MR) is 102 cm³/mol. The normalized spacial score (nSPS) is 10.6. The van der Waals surface area contributed by atoms with Crippen LogP contribution in [0.5, 0.6) is 0 Å². The molecular weight excluding hydrogens is 310 g/mol. The van der Waals surface area contributed by atoms with Gasteiger partial charge in [-0.2, -0.15) is 4.98 Å². The van der Waals surface area contributed by atoms with E-state index in [4.69, 9.17) is 0 Å². The Morgan fingerprint density at radius 1 is 0.920 bits per heavy atom. The van der Waals surface area contributed by atoms with Crippen molar-refractivity contribution in [3.63, 3.8) is 0 Å². The van der Waals surface area contributed by atoms with Crippen molar-refractivity contribution in [3.8, 4) is 0 Å². The standard InChI is InChI=1S/C20H23N5/c1-13-9-14(2)19(15(3)10-13)24-18-11-16(4)23-20(25-18)22-12-17-7-5-6-8-21-17/h5-11H,12H2,1-4H3,(H2,22,23,24,25). The Bertz CT molecular complexity index is 852. The summed E-state index contributed by atoms with van der Waals surface area (Å²) in [4.78, 5) is 13.4. The van der Waals surface area contributed by atoms with E-state index < -0.39 is 0 Å². The SMILES string of the molecule is Cc1cc(C)c(Nc2cc(C)nc(NCc3ccccn3)n2)c(C)c1. The average Bonchev–Trinajstić information content (AvgIpc) is 2.57. The Morgan fingerprint density at radius 2 is 1.68 bits per heavy atom. The summed E-state index contributed by atoms with van der Waals surface area (Å²) in [5, 5.41) is 6.68. The molecule has 2 heterocycles. The number of anilines is 3. The molecule has 1 aromatic carbocycles. The second-order valence-corrected chi connectivity index (χ2v) is 6.29. The number of pyridine rings is 1. The van der Waals surface area contributed by atoms with Gasteiger partial charge in [-0.25, -0.2) is 4.98 Å². The third-order valence-electron chi connectivity index (χ3n) is 3.94. The fourth-order valence-electron chi connectivity index (χ4n) is 2.89. The maximum absolute atomic E-state index is 4.59. The molecule has 25 heavy (non-hydrogen) atoms. The Hall–Kier alpha value is -2.95. The van der Waals surface area contributed by atoms with Gasteiger partial charge in [0, 0.05) is 23.6 Å². The summed E-state index contributed by atoms with van der Waals surface area (Å²) in [6.45, 7) is 8.88. The number of hydrogen-bond donors (Lipinski definition) is 2. The molecule has 3 aromatic rings. The minimum Gasteiger partial charge on any atom is -0.349 e. The first-order chi connectivity index (χ1) is 12.0. The Labute approximate surface area is 148 Å². The highest BCUT2D eigenvalue weighted by atomic mass is 15.1. The quantitative estimate of drug-likeness (QED) is 0.722. The number of rotatable bonds is 5. The largest absolute Gasteiger partial charge is 0.349 e. The molecule has 0 aliphatic carbocycles. The molecule has 0 unspecified atom stereocenters. The van der Waals surface area contributed by atoms with E-state index in [0.29, 0.717) is 12.5 Å². The molecule has 5 nitrogen and oxygen atoms in total. The Balaban J connectivity index is 1.80. The van der Waals surface area contributed by atoms with Gasteiger partial charge in [0.05, 0.1) is 12.2 Å². The topological polar surface area (TPSA) is 62.7 Å². The van der Waals surface area contributed by atoms with E-state index in [1.54, 1.807) is 6.20 Å². The van der Waals surface area contributed by atoms with E-state index in [1.165, 1.54) is 16.7 Å². The smallest absolute Gasteiger partial charge is 0.225 e. The number of hydrogen-bond acceptors (Lipinski definition) is 5. The van der Waals surface area contributed by atoms with Gasteiger partial charge in [0.15, 0.2) is 0 Å². The second kappa shape index (κ2) is 7.30. The molecule has 0 aliphatic heterocycles. The monoisotopic (exact) mass is 333 g/mol. The van der Waals surface area contributed by atoms with Gasteiger partial charge in [0.25, 0.3) is 0 Å². The minimum absolute atomic E-state index is 0.590. The van der Waals surface area contributed by atoms with Crippen molar-refractivity contribution < 1.29 is 0 Å². The molecule has 0 aliphatic rings. The van der Waals surface area contributed by atoms with Gasteiger partial charge < -0.3 is 10.6 Å². The van der Waals surface area contributed by atoms with Crippen LogP contribution in [-0.2, 0) is 6.54 Å². The molecule has 0 amide bonds. The van der Waals surface area contributed by atoms with E-state index in [-0.39, 0.29) is 0 Å². The fourth-order valence-corrected chi connectivity index (χ4v) is 2.89. The van der Waals surface area contributed by atoms with E-state index in [9.17, 15) is 0 Å². The van der Waals surface area contributed by atoms with Crippen LogP contribution in [0.25, 0.3) is 0 Å². The maximum Gasteiger partial charge on any atom is 0.225 e. The molecule has 2 N–H and O–H groups in total. The highest BCUT2D eigenvalue weighted by Gasteiger charge is 2.07. The zero-order valence-corrected chi connectivity index (χ0v) is 15.1. The minimum atomic E-state index is 0.590. The highest BCUT2D eigenvalue weighted by Crippen LogP contribution is 2.25. The van der Waals surface area contributed by atoms with E-state index in [0.717, 1.165) is 22.9 Å². The molecule has 3 rings (SSSR count). The molecule has 0 fully saturated rings. The first-order valence-electron chi connectivity index (χ1n) is 8.35. The van der Waals surface area contributed by atoms with Crippen LogP contribution in [0.2, 0.25) is 0 Å². The molecule has 5 heteroatoms. The van der Waals surface area contributed by atoms with Crippen molar-refractivity contribution >= 4 is 17.5 Å². The Morgan fingerprint density at radius 3 is 2.36 bits per heavy atom. The van der Waals surface area contributed by atoms with Crippen LogP contribution in [0.1, 0.15) is 28.1 Å². The first kappa shape index (κ1) is 16.9. The van der Waals surface area contributed by atoms with Crippen molar-refractivity contribution in [2.75, 3.05) is 10.6 Å². The van der Waals surface area contributed by atoms with E-state index in [2.05, 4.69) is 58.5 Å².